The predicted octanol–water partition coefficient (Wildman–Crippen LogP) is 1.90. The van der Waals surface area contributed by atoms with Gasteiger partial charge in [-0.3, -0.25) is 4.79 Å². The molecule has 1 aromatic carbocycles. The lowest BCUT2D eigenvalue weighted by atomic mass is 10.0. The van der Waals surface area contributed by atoms with E-state index in [1.807, 2.05) is 4.90 Å². The summed E-state index contributed by atoms with van der Waals surface area (Å²) < 4.78 is 14.8. The minimum Gasteiger partial charge on any atom is -0.341 e. The van der Waals surface area contributed by atoms with Gasteiger partial charge in [-0.25, -0.2) is 9.07 Å². The highest BCUT2D eigenvalue weighted by Gasteiger charge is 2.32. The molecule has 1 aromatic heterocycles. The fourth-order valence-corrected chi connectivity index (χ4v) is 3.82. The van der Waals surface area contributed by atoms with Crippen molar-refractivity contribution in [1.82, 2.24) is 30.4 Å². The number of rotatable bonds is 7. The second-order valence-electron chi connectivity index (χ2n) is 7.97. The van der Waals surface area contributed by atoms with E-state index in [0.717, 1.165) is 44.0 Å². The van der Waals surface area contributed by atoms with Gasteiger partial charge in [0.05, 0.1) is 0 Å². The highest BCUT2D eigenvalue weighted by Crippen LogP contribution is 2.28. The van der Waals surface area contributed by atoms with Crippen LogP contribution in [-0.2, 0) is 11.2 Å². The van der Waals surface area contributed by atoms with Crippen molar-refractivity contribution in [2.45, 2.75) is 51.1 Å². The molecule has 1 atom stereocenters. The molecule has 2 aliphatic rings. The number of carbonyl (C=O) groups is 1. The molecule has 0 radical (unpaired) electrons. The number of piperidine rings is 1. The Balaban J connectivity index is 1.42. The van der Waals surface area contributed by atoms with Gasteiger partial charge in [-0.15, -0.1) is 5.10 Å². The first-order valence-electron chi connectivity index (χ1n) is 10.1. The van der Waals surface area contributed by atoms with Crippen molar-refractivity contribution < 1.29 is 9.18 Å². The summed E-state index contributed by atoms with van der Waals surface area (Å²) >= 11 is 0. The summed E-state index contributed by atoms with van der Waals surface area (Å²) in [6.07, 6.45) is 5.07. The number of hydrogen-bond donors (Lipinski definition) is 1. The maximum absolute atomic E-state index is 13.3. The SMILES string of the molecule is Cc1nnnn1C(Cc1ccc(F)cc1)C(=O)N1CCC(NCC2CC2)CC1. The van der Waals surface area contributed by atoms with Crippen LogP contribution >= 0.6 is 0 Å². The van der Waals surface area contributed by atoms with Crippen molar-refractivity contribution in [3.63, 3.8) is 0 Å². The Kier molecular flexibility index (Phi) is 5.66. The van der Waals surface area contributed by atoms with Gasteiger partial charge in [0.2, 0.25) is 5.91 Å². The van der Waals surface area contributed by atoms with Crippen LogP contribution in [0, 0.1) is 18.7 Å². The molecule has 7 nitrogen and oxygen atoms in total. The lowest BCUT2D eigenvalue weighted by Crippen LogP contribution is -2.48. The Labute approximate surface area is 164 Å². The normalized spacial score (nSPS) is 19.0. The van der Waals surface area contributed by atoms with Crippen LogP contribution in [0.2, 0.25) is 0 Å². The first-order chi connectivity index (χ1) is 13.6. The molecule has 1 aliphatic heterocycles. The quantitative estimate of drug-likeness (QED) is 0.787. The van der Waals surface area contributed by atoms with Gasteiger partial charge in [0.25, 0.3) is 0 Å². The fraction of sp³-hybridized carbons (Fsp3) is 0.600. The van der Waals surface area contributed by atoms with E-state index in [4.69, 9.17) is 0 Å². The number of tetrazole rings is 1. The Hall–Kier alpha value is -2.35. The van der Waals surface area contributed by atoms with Gasteiger partial charge in [0, 0.05) is 25.6 Å². The fourth-order valence-electron chi connectivity index (χ4n) is 3.82. The molecule has 4 rings (SSSR count). The highest BCUT2D eigenvalue weighted by atomic mass is 19.1. The maximum atomic E-state index is 13.3. The zero-order valence-electron chi connectivity index (χ0n) is 16.2. The molecule has 150 valence electrons. The van der Waals surface area contributed by atoms with E-state index >= 15 is 0 Å². The van der Waals surface area contributed by atoms with Gasteiger partial charge in [0.1, 0.15) is 17.7 Å². The molecule has 1 N–H and O–H groups in total. The van der Waals surface area contributed by atoms with Crippen LogP contribution in [0.25, 0.3) is 0 Å². The van der Waals surface area contributed by atoms with Crippen molar-refractivity contribution in [2.75, 3.05) is 19.6 Å². The van der Waals surface area contributed by atoms with Gasteiger partial charge in [0.15, 0.2) is 0 Å². The van der Waals surface area contributed by atoms with Gasteiger partial charge in [-0.1, -0.05) is 12.1 Å². The zero-order valence-corrected chi connectivity index (χ0v) is 16.2. The molecule has 1 saturated carbocycles. The van der Waals surface area contributed by atoms with Gasteiger partial charge in [-0.2, -0.15) is 0 Å². The van der Waals surface area contributed by atoms with Crippen LogP contribution in [0.1, 0.15) is 43.1 Å². The molecule has 1 saturated heterocycles. The minimum atomic E-state index is -0.517. The average Bonchev–Trinajstić information content (AvgIpc) is 3.45. The predicted molar refractivity (Wildman–Crippen MR) is 102 cm³/mol. The molecular formula is C20H27FN6O. The Morgan fingerprint density at radius 2 is 1.93 bits per heavy atom. The van der Waals surface area contributed by atoms with E-state index in [-0.39, 0.29) is 11.7 Å². The van der Waals surface area contributed by atoms with Crippen LogP contribution in [0.15, 0.2) is 24.3 Å². The molecule has 1 amide bonds. The molecule has 1 unspecified atom stereocenters. The largest absolute Gasteiger partial charge is 0.341 e. The van der Waals surface area contributed by atoms with E-state index in [2.05, 4.69) is 20.8 Å². The Morgan fingerprint density at radius 1 is 1.21 bits per heavy atom. The number of nitrogens with zero attached hydrogens (tertiary/aromatic N) is 5. The number of carbonyl (C=O) groups excluding carboxylic acids is 1. The number of aromatic nitrogens is 4. The number of benzene rings is 1. The maximum Gasteiger partial charge on any atom is 0.247 e. The summed E-state index contributed by atoms with van der Waals surface area (Å²) in [5.74, 6) is 1.20. The second-order valence-corrected chi connectivity index (χ2v) is 7.97. The van der Waals surface area contributed by atoms with E-state index in [9.17, 15) is 9.18 Å². The van der Waals surface area contributed by atoms with E-state index < -0.39 is 6.04 Å². The van der Waals surface area contributed by atoms with Crippen LogP contribution < -0.4 is 5.32 Å². The number of aryl methyl sites for hydroxylation is 1. The van der Waals surface area contributed by atoms with E-state index in [1.54, 1.807) is 23.7 Å². The van der Waals surface area contributed by atoms with E-state index in [1.165, 1.54) is 25.0 Å². The molecular weight excluding hydrogens is 359 g/mol. The van der Waals surface area contributed by atoms with Gasteiger partial charge < -0.3 is 10.2 Å². The number of halogens is 1. The first-order valence-corrected chi connectivity index (χ1v) is 10.1. The van der Waals surface area contributed by atoms with Gasteiger partial charge in [-0.05, 0) is 73.2 Å². The molecule has 28 heavy (non-hydrogen) atoms. The third-order valence-electron chi connectivity index (χ3n) is 5.78. The smallest absolute Gasteiger partial charge is 0.247 e. The second kappa shape index (κ2) is 8.34. The molecule has 2 heterocycles. The van der Waals surface area contributed by atoms with Crippen molar-refractivity contribution in [3.05, 3.63) is 41.5 Å². The van der Waals surface area contributed by atoms with Gasteiger partial charge >= 0.3 is 0 Å². The molecule has 8 heteroatoms. The highest BCUT2D eigenvalue weighted by molar-refractivity contribution is 5.80. The number of likely N-dealkylation sites (tertiary alicyclic amines) is 1. The van der Waals surface area contributed by atoms with Crippen molar-refractivity contribution in [1.29, 1.82) is 0 Å². The molecule has 0 spiro atoms. The average molecular weight is 386 g/mol. The topological polar surface area (TPSA) is 75.9 Å². The first kappa shape index (κ1) is 19.0. The summed E-state index contributed by atoms with van der Waals surface area (Å²) in [4.78, 5) is 15.2. The third-order valence-corrected chi connectivity index (χ3v) is 5.78. The summed E-state index contributed by atoms with van der Waals surface area (Å²) in [5.41, 5.74) is 0.885. The van der Waals surface area contributed by atoms with E-state index in [0.29, 0.717) is 18.3 Å². The van der Waals surface area contributed by atoms with Crippen LogP contribution in [0.3, 0.4) is 0 Å². The molecule has 2 fully saturated rings. The number of nitrogens with one attached hydrogen (secondary N) is 1. The van der Waals surface area contributed by atoms with Crippen LogP contribution in [0.4, 0.5) is 4.39 Å². The number of hydrogen-bond acceptors (Lipinski definition) is 5. The molecule has 0 bridgehead atoms. The van der Waals surface area contributed by atoms with Crippen molar-refractivity contribution in [2.24, 2.45) is 5.92 Å². The standard InChI is InChI=1S/C20H27FN6O/c1-14-23-24-25-27(14)19(12-15-4-6-17(21)7-5-15)20(28)26-10-8-18(9-11-26)22-13-16-2-3-16/h4-7,16,18-19,22H,2-3,8-13H2,1H3. The summed E-state index contributed by atoms with van der Waals surface area (Å²) in [5, 5.41) is 15.3. The Morgan fingerprint density at radius 3 is 2.54 bits per heavy atom. The minimum absolute atomic E-state index is 0.0281. The van der Waals surface area contributed by atoms with Crippen molar-refractivity contribution in [3.8, 4) is 0 Å². The monoisotopic (exact) mass is 386 g/mol. The molecule has 1 aliphatic carbocycles. The van der Waals surface area contributed by atoms with Crippen LogP contribution in [0.5, 0.6) is 0 Å². The Bertz CT molecular complexity index is 795. The summed E-state index contributed by atoms with van der Waals surface area (Å²) in [6, 6.07) is 6.24. The number of amides is 1. The zero-order chi connectivity index (χ0) is 19.5. The summed E-state index contributed by atoms with van der Waals surface area (Å²) in [6.45, 7) is 4.37. The van der Waals surface area contributed by atoms with Crippen molar-refractivity contribution >= 4 is 5.91 Å². The summed E-state index contributed by atoms with van der Waals surface area (Å²) in [7, 11) is 0. The third kappa shape index (κ3) is 4.55. The van der Waals surface area contributed by atoms with Crippen LogP contribution in [-0.4, -0.2) is 56.7 Å². The molecule has 2 aromatic rings. The lowest BCUT2D eigenvalue weighted by Gasteiger charge is -2.34. The lowest BCUT2D eigenvalue weighted by molar-refractivity contribution is -0.136.